The molecular weight excluding hydrogens is 300 g/mol. The number of guanidine groups is 2. The third kappa shape index (κ3) is 7.41. The quantitative estimate of drug-likeness (QED) is 0.312. The molecule has 1 aliphatic heterocycles. The lowest BCUT2D eigenvalue weighted by molar-refractivity contribution is 0.250. The van der Waals surface area contributed by atoms with Crippen LogP contribution in [0.3, 0.4) is 0 Å². The number of nitrogens with zero attached hydrogens (tertiary/aromatic N) is 2. The van der Waals surface area contributed by atoms with Crippen molar-refractivity contribution in [3.8, 4) is 0 Å². The maximum Gasteiger partial charge on any atom is 0.194 e. The summed E-state index contributed by atoms with van der Waals surface area (Å²) in [7, 11) is 0. The number of unbranched alkanes of at least 4 members (excludes halogenated alkanes) is 1. The average Bonchev–Trinajstić information content (AvgIpc) is 2.92. The molecule has 0 aromatic rings. The van der Waals surface area contributed by atoms with E-state index in [1.807, 2.05) is 0 Å². The lowest BCUT2D eigenvalue weighted by Crippen LogP contribution is -2.49. The topological polar surface area (TPSA) is 75.5 Å². The van der Waals surface area contributed by atoms with Crippen LogP contribution in [0.4, 0.5) is 0 Å². The van der Waals surface area contributed by atoms with Crippen molar-refractivity contribution in [1.29, 1.82) is 5.41 Å². The Hall–Kier alpha value is -1.46. The predicted octanol–water partition coefficient (Wildman–Crippen LogP) is 2.52. The van der Waals surface area contributed by atoms with Gasteiger partial charge in [-0.15, -0.1) is 0 Å². The van der Waals surface area contributed by atoms with Gasteiger partial charge < -0.3 is 20.9 Å². The molecule has 0 amide bonds. The number of aliphatic imine (C=N–C) groups is 1. The van der Waals surface area contributed by atoms with E-state index in [1.165, 1.54) is 0 Å². The van der Waals surface area contributed by atoms with Crippen LogP contribution in [0.2, 0.25) is 0 Å². The molecule has 0 unspecified atom stereocenters. The van der Waals surface area contributed by atoms with E-state index in [0.29, 0.717) is 5.96 Å². The fraction of sp³-hybridized carbons (Fsp3) is 0.889. The second-order valence-corrected chi connectivity index (χ2v) is 8.22. The van der Waals surface area contributed by atoms with Crippen LogP contribution in [-0.2, 0) is 0 Å². The molecule has 0 aromatic carbocycles. The highest BCUT2D eigenvalue weighted by molar-refractivity contribution is 5.82. The van der Waals surface area contributed by atoms with Crippen molar-refractivity contribution < 1.29 is 0 Å². The summed E-state index contributed by atoms with van der Waals surface area (Å²) in [6, 6.07) is 0. The van der Waals surface area contributed by atoms with Gasteiger partial charge in [0, 0.05) is 30.7 Å². The first-order chi connectivity index (χ1) is 11.2. The van der Waals surface area contributed by atoms with Crippen molar-refractivity contribution in [2.24, 2.45) is 4.99 Å². The highest BCUT2D eigenvalue weighted by atomic mass is 15.4. The Labute approximate surface area is 148 Å². The van der Waals surface area contributed by atoms with Gasteiger partial charge in [0.1, 0.15) is 0 Å². The van der Waals surface area contributed by atoms with Crippen LogP contribution in [0.5, 0.6) is 0 Å². The number of rotatable bonds is 8. The van der Waals surface area contributed by atoms with Crippen LogP contribution < -0.4 is 16.0 Å². The maximum absolute atomic E-state index is 7.90. The van der Waals surface area contributed by atoms with Gasteiger partial charge in [0.05, 0.1) is 6.54 Å². The summed E-state index contributed by atoms with van der Waals surface area (Å²) >= 11 is 0. The van der Waals surface area contributed by atoms with Gasteiger partial charge in [0.2, 0.25) is 0 Å². The molecule has 1 heterocycles. The van der Waals surface area contributed by atoms with Crippen LogP contribution in [0, 0.1) is 5.41 Å². The van der Waals surface area contributed by atoms with Gasteiger partial charge in [-0.05, 0) is 60.3 Å². The van der Waals surface area contributed by atoms with E-state index >= 15 is 0 Å². The first-order valence-electron chi connectivity index (χ1n) is 9.32. The van der Waals surface area contributed by atoms with Gasteiger partial charge in [-0.25, -0.2) is 0 Å². The molecule has 0 bridgehead atoms. The van der Waals surface area contributed by atoms with E-state index in [0.717, 1.165) is 57.8 Å². The zero-order valence-corrected chi connectivity index (χ0v) is 16.6. The van der Waals surface area contributed by atoms with Crippen LogP contribution in [0.25, 0.3) is 0 Å². The van der Waals surface area contributed by atoms with E-state index in [9.17, 15) is 0 Å². The van der Waals surface area contributed by atoms with Crippen LogP contribution in [0.1, 0.15) is 67.2 Å². The fourth-order valence-corrected chi connectivity index (χ4v) is 2.84. The molecule has 1 aliphatic rings. The number of nitrogens with one attached hydrogen (secondary N) is 4. The van der Waals surface area contributed by atoms with Crippen molar-refractivity contribution in [3.63, 3.8) is 0 Å². The largest absolute Gasteiger partial charge is 0.357 e. The van der Waals surface area contributed by atoms with Gasteiger partial charge in [-0.1, -0.05) is 6.92 Å². The first-order valence-corrected chi connectivity index (χ1v) is 9.32. The van der Waals surface area contributed by atoms with Gasteiger partial charge in [-0.2, -0.15) is 0 Å². The van der Waals surface area contributed by atoms with Gasteiger partial charge >= 0.3 is 0 Å². The molecule has 0 atom stereocenters. The molecule has 6 heteroatoms. The summed E-state index contributed by atoms with van der Waals surface area (Å²) in [5, 5.41) is 17.8. The summed E-state index contributed by atoms with van der Waals surface area (Å²) in [5.41, 5.74) is 0.0697. The Kier molecular flexibility index (Phi) is 7.84. The summed E-state index contributed by atoms with van der Waals surface area (Å²) < 4.78 is 0. The van der Waals surface area contributed by atoms with E-state index in [2.05, 4.69) is 67.4 Å². The third-order valence-electron chi connectivity index (χ3n) is 4.18. The number of hydrogen-bond acceptors (Lipinski definition) is 4. The van der Waals surface area contributed by atoms with Crippen molar-refractivity contribution in [1.82, 2.24) is 20.9 Å². The van der Waals surface area contributed by atoms with E-state index in [4.69, 9.17) is 5.41 Å². The van der Waals surface area contributed by atoms with Crippen LogP contribution >= 0.6 is 0 Å². The number of hydrogen-bond donors (Lipinski definition) is 4. The Bertz CT molecular complexity index is 422. The summed E-state index contributed by atoms with van der Waals surface area (Å²) in [6.45, 7) is 16.8. The maximum atomic E-state index is 7.90. The second-order valence-electron chi connectivity index (χ2n) is 8.22. The molecule has 0 saturated heterocycles. The van der Waals surface area contributed by atoms with E-state index in [-0.39, 0.29) is 11.1 Å². The minimum Gasteiger partial charge on any atom is -0.357 e. The molecule has 6 nitrogen and oxygen atoms in total. The molecule has 0 spiro atoms. The molecule has 0 saturated carbocycles. The molecule has 0 fully saturated rings. The van der Waals surface area contributed by atoms with Gasteiger partial charge in [0.25, 0.3) is 0 Å². The van der Waals surface area contributed by atoms with E-state index < -0.39 is 0 Å². The highest BCUT2D eigenvalue weighted by Gasteiger charge is 2.27. The zero-order chi connectivity index (χ0) is 18.2. The molecule has 0 aliphatic carbocycles. The summed E-state index contributed by atoms with van der Waals surface area (Å²) in [5.74, 6) is 1.48. The minimum absolute atomic E-state index is 0.0554. The predicted molar refractivity (Wildman–Crippen MR) is 104 cm³/mol. The zero-order valence-electron chi connectivity index (χ0n) is 16.6. The Morgan fingerprint density at radius 2 is 1.88 bits per heavy atom. The molecule has 0 aromatic heterocycles. The van der Waals surface area contributed by atoms with Crippen LogP contribution in [0.15, 0.2) is 4.99 Å². The molecule has 140 valence electrons. The lowest BCUT2D eigenvalue weighted by atomic mass is 9.97. The third-order valence-corrected chi connectivity index (χ3v) is 4.18. The summed E-state index contributed by atoms with van der Waals surface area (Å²) in [4.78, 5) is 6.93. The van der Waals surface area contributed by atoms with Gasteiger partial charge in [0.15, 0.2) is 11.9 Å². The Morgan fingerprint density at radius 3 is 2.50 bits per heavy atom. The SMILES string of the molecule is CCCNC(=N)NC(C)(C)CCCCNC1=NCCN1C(C)(C)C. The van der Waals surface area contributed by atoms with Gasteiger partial charge in [-0.3, -0.25) is 10.4 Å². The second kappa shape index (κ2) is 9.14. The van der Waals surface area contributed by atoms with Crippen molar-refractivity contribution in [3.05, 3.63) is 0 Å². The molecular formula is C18H38N6. The Morgan fingerprint density at radius 1 is 1.17 bits per heavy atom. The van der Waals surface area contributed by atoms with Crippen LogP contribution in [-0.4, -0.2) is 54.1 Å². The standard InChI is InChI=1S/C18H38N6/c1-7-11-20-15(19)23-18(5,6)10-8-9-12-21-16-22-13-14-24(16)17(2,3)4/h7-14H2,1-6H3,(H,21,22)(H3,19,20,23). The molecule has 4 N–H and O–H groups in total. The minimum atomic E-state index is -0.0554. The molecule has 24 heavy (non-hydrogen) atoms. The monoisotopic (exact) mass is 338 g/mol. The lowest BCUT2D eigenvalue weighted by Gasteiger charge is -2.34. The van der Waals surface area contributed by atoms with Crippen molar-refractivity contribution in [2.75, 3.05) is 26.2 Å². The van der Waals surface area contributed by atoms with Crippen molar-refractivity contribution in [2.45, 2.75) is 78.3 Å². The molecule has 0 radical (unpaired) electrons. The van der Waals surface area contributed by atoms with Crippen molar-refractivity contribution >= 4 is 11.9 Å². The Balaban J connectivity index is 2.22. The fourth-order valence-electron chi connectivity index (χ4n) is 2.84. The normalized spacial score (nSPS) is 15.2. The highest BCUT2D eigenvalue weighted by Crippen LogP contribution is 2.16. The molecule has 1 rings (SSSR count). The van der Waals surface area contributed by atoms with E-state index in [1.54, 1.807) is 0 Å². The average molecular weight is 339 g/mol. The summed E-state index contributed by atoms with van der Waals surface area (Å²) in [6.07, 6.45) is 4.31. The first kappa shape index (κ1) is 20.6. The smallest absolute Gasteiger partial charge is 0.194 e.